The van der Waals surface area contributed by atoms with E-state index in [1.54, 1.807) is 4.68 Å². The van der Waals surface area contributed by atoms with Crippen LogP contribution < -0.4 is 5.73 Å². The van der Waals surface area contributed by atoms with Gasteiger partial charge in [-0.2, -0.15) is 4.68 Å². The predicted molar refractivity (Wildman–Crippen MR) is 71.6 cm³/mol. The molecule has 0 fully saturated rings. The molecule has 2 N–H and O–H groups in total. The molecule has 2 aromatic heterocycles. The van der Waals surface area contributed by atoms with E-state index >= 15 is 0 Å². The average Bonchev–Trinajstić information content (AvgIpc) is 2.97. The third-order valence-corrected chi connectivity index (χ3v) is 3.49. The lowest BCUT2D eigenvalue weighted by atomic mass is 10.3. The topological polar surface area (TPSA) is 69.6 Å². The zero-order valence-corrected chi connectivity index (χ0v) is 10.6. The van der Waals surface area contributed by atoms with Crippen molar-refractivity contribution >= 4 is 17.2 Å². The van der Waals surface area contributed by atoms with Crippen LogP contribution in [0.15, 0.2) is 35.7 Å². The second-order valence-electron chi connectivity index (χ2n) is 3.86. The molecular formula is C12H11N5S. The summed E-state index contributed by atoms with van der Waals surface area (Å²) in [6, 6.07) is 9.68. The fourth-order valence-electron chi connectivity index (χ4n) is 1.66. The van der Waals surface area contributed by atoms with Crippen molar-refractivity contribution in [1.29, 1.82) is 0 Å². The minimum atomic E-state index is 0.510. The maximum Gasteiger partial charge on any atom is 0.165 e. The van der Waals surface area contributed by atoms with Crippen LogP contribution in [-0.4, -0.2) is 20.0 Å². The normalized spacial score (nSPS) is 10.7. The van der Waals surface area contributed by atoms with E-state index in [2.05, 4.69) is 15.3 Å². The summed E-state index contributed by atoms with van der Waals surface area (Å²) in [5, 5.41) is 11.0. The minimum Gasteiger partial charge on any atom is -0.382 e. The van der Waals surface area contributed by atoms with Crippen molar-refractivity contribution in [2.75, 3.05) is 5.73 Å². The lowest BCUT2D eigenvalue weighted by molar-refractivity contribution is 0.810. The van der Waals surface area contributed by atoms with Crippen LogP contribution in [0.3, 0.4) is 0 Å². The zero-order chi connectivity index (χ0) is 12.5. The molecule has 0 aliphatic rings. The number of para-hydroxylation sites is 1. The van der Waals surface area contributed by atoms with Crippen molar-refractivity contribution in [3.05, 3.63) is 41.4 Å². The molecular weight excluding hydrogens is 246 g/mol. The summed E-state index contributed by atoms with van der Waals surface area (Å²) < 4.78 is 1.62. The van der Waals surface area contributed by atoms with Crippen molar-refractivity contribution in [3.8, 4) is 16.4 Å². The summed E-state index contributed by atoms with van der Waals surface area (Å²) in [5.41, 5.74) is 8.57. The molecule has 0 amide bonds. The fraction of sp³-hybridized carbons (Fsp3) is 0.0833. The molecule has 90 valence electrons. The van der Waals surface area contributed by atoms with Gasteiger partial charge in [-0.1, -0.05) is 23.4 Å². The van der Waals surface area contributed by atoms with Crippen molar-refractivity contribution in [3.63, 3.8) is 0 Å². The van der Waals surface area contributed by atoms with Crippen molar-refractivity contribution in [1.82, 2.24) is 20.0 Å². The Morgan fingerprint density at radius 3 is 2.67 bits per heavy atom. The van der Waals surface area contributed by atoms with Crippen molar-refractivity contribution < 1.29 is 0 Å². The van der Waals surface area contributed by atoms with E-state index in [9.17, 15) is 0 Å². The second-order valence-corrected chi connectivity index (χ2v) is 4.72. The highest BCUT2D eigenvalue weighted by Crippen LogP contribution is 2.27. The molecule has 0 aliphatic carbocycles. The van der Waals surface area contributed by atoms with E-state index in [0.29, 0.717) is 11.5 Å². The Hall–Kier alpha value is -2.21. The van der Waals surface area contributed by atoms with Crippen LogP contribution in [0.5, 0.6) is 0 Å². The van der Waals surface area contributed by atoms with Crippen LogP contribution in [0.1, 0.15) is 5.69 Å². The Labute approximate surface area is 108 Å². The Morgan fingerprint density at radius 2 is 2.00 bits per heavy atom. The van der Waals surface area contributed by atoms with Crippen molar-refractivity contribution in [2.24, 2.45) is 0 Å². The SMILES string of the molecule is Cc1csc(-c2nnn(-c3ccccc3)c2N)n1. The molecule has 0 spiro atoms. The number of thiazole rings is 1. The van der Waals surface area contributed by atoms with Gasteiger partial charge in [-0.05, 0) is 19.1 Å². The van der Waals surface area contributed by atoms with Crippen LogP contribution in [0.25, 0.3) is 16.4 Å². The predicted octanol–water partition coefficient (Wildman–Crippen LogP) is 2.28. The number of rotatable bonds is 2. The number of anilines is 1. The first-order chi connectivity index (χ1) is 8.75. The Bertz CT molecular complexity index is 671. The Kier molecular flexibility index (Phi) is 2.56. The molecule has 3 aromatic rings. The van der Waals surface area contributed by atoms with Gasteiger partial charge in [0, 0.05) is 11.1 Å². The first kappa shape index (κ1) is 10.9. The number of hydrogen-bond acceptors (Lipinski definition) is 5. The molecule has 3 rings (SSSR count). The van der Waals surface area contributed by atoms with Crippen molar-refractivity contribution in [2.45, 2.75) is 6.92 Å². The lowest BCUT2D eigenvalue weighted by Gasteiger charge is -2.01. The zero-order valence-electron chi connectivity index (χ0n) is 9.74. The quantitative estimate of drug-likeness (QED) is 0.764. The van der Waals surface area contributed by atoms with Gasteiger partial charge in [0.1, 0.15) is 5.01 Å². The standard InChI is InChI=1S/C12H11N5S/c1-8-7-18-12(14-8)10-11(13)17(16-15-10)9-5-3-2-4-6-9/h2-7H,13H2,1H3. The molecule has 0 aliphatic heterocycles. The summed E-state index contributed by atoms with van der Waals surface area (Å²) in [6.07, 6.45) is 0. The molecule has 0 saturated carbocycles. The average molecular weight is 257 g/mol. The fourth-order valence-corrected chi connectivity index (χ4v) is 2.45. The van der Waals surface area contributed by atoms with Gasteiger partial charge in [-0.25, -0.2) is 4.98 Å². The van der Waals surface area contributed by atoms with Gasteiger partial charge >= 0.3 is 0 Å². The van der Waals surface area contributed by atoms with E-state index < -0.39 is 0 Å². The molecule has 2 heterocycles. The van der Waals surface area contributed by atoms with Crippen LogP contribution in [0.2, 0.25) is 0 Å². The van der Waals surface area contributed by atoms with E-state index in [-0.39, 0.29) is 0 Å². The van der Waals surface area contributed by atoms with Gasteiger partial charge < -0.3 is 5.73 Å². The van der Waals surface area contributed by atoms with E-state index in [1.807, 2.05) is 42.6 Å². The summed E-state index contributed by atoms with van der Waals surface area (Å²) in [6.45, 7) is 1.94. The highest BCUT2D eigenvalue weighted by Gasteiger charge is 2.15. The number of nitrogens with two attached hydrogens (primary N) is 1. The minimum absolute atomic E-state index is 0.510. The summed E-state index contributed by atoms with van der Waals surface area (Å²) >= 11 is 1.52. The van der Waals surface area contributed by atoms with Crippen LogP contribution >= 0.6 is 11.3 Å². The molecule has 1 aromatic carbocycles. The van der Waals surface area contributed by atoms with Gasteiger partial charge in [0.05, 0.1) is 5.69 Å². The Morgan fingerprint density at radius 1 is 1.22 bits per heavy atom. The van der Waals surface area contributed by atoms with Gasteiger partial charge in [-0.15, -0.1) is 16.4 Å². The van der Waals surface area contributed by atoms with Gasteiger partial charge in [0.2, 0.25) is 0 Å². The van der Waals surface area contributed by atoms with E-state index in [0.717, 1.165) is 16.4 Å². The molecule has 0 atom stereocenters. The monoisotopic (exact) mass is 257 g/mol. The third kappa shape index (κ3) is 1.76. The first-order valence-corrected chi connectivity index (χ1v) is 6.33. The molecule has 0 radical (unpaired) electrons. The maximum absolute atomic E-state index is 6.08. The first-order valence-electron chi connectivity index (χ1n) is 5.45. The van der Waals surface area contributed by atoms with E-state index in [1.165, 1.54) is 11.3 Å². The molecule has 0 unspecified atom stereocenters. The number of nitrogens with zero attached hydrogens (tertiary/aromatic N) is 4. The summed E-state index contributed by atoms with van der Waals surface area (Å²) in [5.74, 6) is 0.510. The second kappa shape index (κ2) is 4.23. The van der Waals surface area contributed by atoms with Crippen LogP contribution in [0, 0.1) is 6.92 Å². The largest absolute Gasteiger partial charge is 0.382 e. The summed E-state index contributed by atoms with van der Waals surface area (Å²) in [7, 11) is 0. The van der Waals surface area contributed by atoms with Crippen LogP contribution in [0.4, 0.5) is 5.82 Å². The number of nitrogen functional groups attached to an aromatic ring is 1. The molecule has 5 nitrogen and oxygen atoms in total. The van der Waals surface area contributed by atoms with Gasteiger partial charge in [-0.3, -0.25) is 0 Å². The van der Waals surface area contributed by atoms with E-state index in [4.69, 9.17) is 5.73 Å². The molecule has 6 heteroatoms. The highest BCUT2D eigenvalue weighted by atomic mass is 32.1. The van der Waals surface area contributed by atoms with Crippen LogP contribution in [-0.2, 0) is 0 Å². The maximum atomic E-state index is 6.08. The number of benzene rings is 1. The Balaban J connectivity index is 2.08. The molecule has 0 bridgehead atoms. The smallest absolute Gasteiger partial charge is 0.165 e. The number of aromatic nitrogens is 4. The van der Waals surface area contributed by atoms with Gasteiger partial charge in [0.15, 0.2) is 11.5 Å². The number of aryl methyl sites for hydroxylation is 1. The third-order valence-electron chi connectivity index (χ3n) is 2.53. The molecule has 18 heavy (non-hydrogen) atoms. The van der Waals surface area contributed by atoms with Gasteiger partial charge in [0.25, 0.3) is 0 Å². The lowest BCUT2D eigenvalue weighted by Crippen LogP contribution is -2.01. The summed E-state index contributed by atoms with van der Waals surface area (Å²) in [4.78, 5) is 4.37. The number of hydrogen-bond donors (Lipinski definition) is 1. The molecule has 0 saturated heterocycles. The highest BCUT2D eigenvalue weighted by molar-refractivity contribution is 7.13.